The normalized spacial score (nSPS) is 10.8. The highest BCUT2D eigenvalue weighted by molar-refractivity contribution is 6.36. The highest BCUT2D eigenvalue weighted by atomic mass is 35.5. The summed E-state index contributed by atoms with van der Waals surface area (Å²) in [5, 5.41) is 2.99. The van der Waals surface area contributed by atoms with Crippen LogP contribution in [0.5, 0.6) is 5.75 Å². The Morgan fingerprint density at radius 3 is 2.50 bits per heavy atom. The summed E-state index contributed by atoms with van der Waals surface area (Å²) in [4.78, 5) is 4.25. The van der Waals surface area contributed by atoms with Crippen LogP contribution in [0.25, 0.3) is 21.9 Å². The third-order valence-corrected chi connectivity index (χ3v) is 3.84. The van der Waals surface area contributed by atoms with Crippen molar-refractivity contribution in [2.24, 2.45) is 0 Å². The van der Waals surface area contributed by atoms with Gasteiger partial charge in [0.2, 0.25) is 0 Å². The maximum atomic E-state index is 6.27. The maximum absolute atomic E-state index is 6.27. The zero-order valence-electron chi connectivity index (χ0n) is 10.7. The summed E-state index contributed by atoms with van der Waals surface area (Å²) in [6.07, 6.45) is 1.75. The number of fused-ring (bicyclic) bond motifs is 1. The molecule has 0 amide bonds. The molecule has 0 spiro atoms. The lowest BCUT2D eigenvalue weighted by molar-refractivity contribution is 0.415. The Hall–Kier alpha value is -1.77. The molecule has 0 aliphatic heterocycles. The number of methoxy groups -OCH3 is 1. The molecule has 0 unspecified atom stereocenters. The standard InChI is InChI=1S/C16H11Cl2NO/c1-20-10-6-7-11-13(8-10)16(18)19-9-14(11)12-4-2-3-5-15(12)17/h2-9H,1H3. The van der Waals surface area contributed by atoms with Gasteiger partial charge in [-0.2, -0.15) is 0 Å². The summed E-state index contributed by atoms with van der Waals surface area (Å²) in [5.74, 6) is 0.748. The average molecular weight is 304 g/mol. The van der Waals surface area contributed by atoms with Crippen molar-refractivity contribution in [3.63, 3.8) is 0 Å². The highest BCUT2D eigenvalue weighted by Crippen LogP contribution is 2.36. The van der Waals surface area contributed by atoms with Crippen LogP contribution >= 0.6 is 23.2 Å². The van der Waals surface area contributed by atoms with Gasteiger partial charge in [-0.15, -0.1) is 0 Å². The number of rotatable bonds is 2. The number of pyridine rings is 1. The van der Waals surface area contributed by atoms with Crippen LogP contribution in [0, 0.1) is 0 Å². The topological polar surface area (TPSA) is 22.1 Å². The molecule has 4 heteroatoms. The fourth-order valence-electron chi connectivity index (χ4n) is 2.21. The molecule has 3 aromatic rings. The van der Waals surface area contributed by atoms with Gasteiger partial charge in [-0.3, -0.25) is 0 Å². The summed E-state index contributed by atoms with van der Waals surface area (Å²) in [6, 6.07) is 13.4. The first kappa shape index (κ1) is 13.2. The molecule has 0 N–H and O–H groups in total. The molecule has 100 valence electrons. The van der Waals surface area contributed by atoms with E-state index in [0.717, 1.165) is 27.6 Å². The molecule has 0 atom stereocenters. The van der Waals surface area contributed by atoms with Crippen LogP contribution < -0.4 is 4.74 Å². The number of nitrogens with zero attached hydrogens (tertiary/aromatic N) is 1. The van der Waals surface area contributed by atoms with Gasteiger partial charge in [-0.25, -0.2) is 4.98 Å². The van der Waals surface area contributed by atoms with Crippen LogP contribution in [-0.2, 0) is 0 Å². The molecular formula is C16H11Cl2NO. The van der Waals surface area contributed by atoms with Crippen molar-refractivity contribution in [2.45, 2.75) is 0 Å². The van der Waals surface area contributed by atoms with Gasteiger partial charge in [0.1, 0.15) is 10.9 Å². The Balaban J connectivity index is 2.33. The predicted octanol–water partition coefficient (Wildman–Crippen LogP) is 5.22. The summed E-state index contributed by atoms with van der Waals surface area (Å²) < 4.78 is 5.23. The van der Waals surface area contributed by atoms with E-state index in [-0.39, 0.29) is 0 Å². The first-order valence-electron chi connectivity index (χ1n) is 6.08. The van der Waals surface area contributed by atoms with Crippen LogP contribution in [0.4, 0.5) is 0 Å². The second kappa shape index (κ2) is 5.31. The van der Waals surface area contributed by atoms with Gasteiger partial charge in [0.25, 0.3) is 0 Å². The van der Waals surface area contributed by atoms with Gasteiger partial charge in [0.05, 0.1) is 7.11 Å². The van der Waals surface area contributed by atoms with Crippen molar-refractivity contribution in [1.29, 1.82) is 0 Å². The van der Waals surface area contributed by atoms with Crippen molar-refractivity contribution < 1.29 is 4.74 Å². The minimum absolute atomic E-state index is 0.453. The van der Waals surface area contributed by atoms with E-state index in [0.29, 0.717) is 10.2 Å². The number of benzene rings is 2. The summed E-state index contributed by atoms with van der Waals surface area (Å²) >= 11 is 12.5. The smallest absolute Gasteiger partial charge is 0.137 e. The van der Waals surface area contributed by atoms with Crippen LogP contribution in [-0.4, -0.2) is 12.1 Å². The summed E-state index contributed by atoms with van der Waals surface area (Å²) in [5.41, 5.74) is 1.89. The van der Waals surface area contributed by atoms with Gasteiger partial charge < -0.3 is 4.74 Å². The maximum Gasteiger partial charge on any atom is 0.137 e. The van der Waals surface area contributed by atoms with Crippen molar-refractivity contribution in [1.82, 2.24) is 4.98 Å². The van der Waals surface area contributed by atoms with Gasteiger partial charge in [0.15, 0.2) is 0 Å². The fraction of sp³-hybridized carbons (Fsp3) is 0.0625. The van der Waals surface area contributed by atoms with E-state index in [4.69, 9.17) is 27.9 Å². The van der Waals surface area contributed by atoms with Gasteiger partial charge >= 0.3 is 0 Å². The molecule has 0 radical (unpaired) electrons. The molecule has 0 aliphatic rings. The number of ether oxygens (including phenoxy) is 1. The van der Waals surface area contributed by atoms with Crippen molar-refractivity contribution in [3.05, 3.63) is 58.8 Å². The second-order valence-electron chi connectivity index (χ2n) is 4.35. The molecule has 20 heavy (non-hydrogen) atoms. The molecule has 1 heterocycles. The molecule has 0 bridgehead atoms. The molecule has 2 aromatic carbocycles. The van der Waals surface area contributed by atoms with E-state index in [1.807, 2.05) is 42.5 Å². The minimum atomic E-state index is 0.453. The largest absolute Gasteiger partial charge is 0.497 e. The molecule has 1 aromatic heterocycles. The Bertz CT molecular complexity index is 787. The third-order valence-electron chi connectivity index (χ3n) is 3.21. The zero-order chi connectivity index (χ0) is 14.1. The quantitative estimate of drug-likeness (QED) is 0.606. The summed E-state index contributed by atoms with van der Waals surface area (Å²) in [6.45, 7) is 0. The number of halogens is 2. The monoisotopic (exact) mass is 303 g/mol. The zero-order valence-corrected chi connectivity index (χ0v) is 12.2. The SMILES string of the molecule is COc1ccc2c(-c3ccccc3Cl)cnc(Cl)c2c1. The van der Waals surface area contributed by atoms with Crippen LogP contribution in [0.2, 0.25) is 10.2 Å². The highest BCUT2D eigenvalue weighted by Gasteiger charge is 2.11. The Morgan fingerprint density at radius 1 is 0.950 bits per heavy atom. The van der Waals surface area contributed by atoms with E-state index in [2.05, 4.69) is 4.98 Å². The lowest BCUT2D eigenvalue weighted by Gasteiger charge is -2.10. The Labute approximate surface area is 126 Å². The predicted molar refractivity (Wildman–Crippen MR) is 83.8 cm³/mol. The van der Waals surface area contributed by atoms with E-state index in [1.54, 1.807) is 13.3 Å². The molecule has 2 nitrogen and oxygen atoms in total. The van der Waals surface area contributed by atoms with Gasteiger partial charge in [-0.1, -0.05) is 41.4 Å². The Morgan fingerprint density at radius 2 is 1.75 bits per heavy atom. The minimum Gasteiger partial charge on any atom is -0.497 e. The van der Waals surface area contributed by atoms with Gasteiger partial charge in [0, 0.05) is 27.7 Å². The average Bonchev–Trinajstić information content (AvgIpc) is 2.48. The fourth-order valence-corrected chi connectivity index (χ4v) is 2.65. The van der Waals surface area contributed by atoms with E-state index in [9.17, 15) is 0 Å². The molecule has 0 saturated heterocycles. The molecular weight excluding hydrogens is 293 g/mol. The van der Waals surface area contributed by atoms with Gasteiger partial charge in [-0.05, 0) is 29.7 Å². The van der Waals surface area contributed by atoms with E-state index < -0.39 is 0 Å². The molecule has 3 rings (SSSR count). The first-order valence-corrected chi connectivity index (χ1v) is 6.83. The van der Waals surface area contributed by atoms with E-state index in [1.165, 1.54) is 0 Å². The number of hydrogen-bond donors (Lipinski definition) is 0. The van der Waals surface area contributed by atoms with Crippen molar-refractivity contribution >= 4 is 34.0 Å². The Kier molecular flexibility index (Phi) is 3.51. The number of hydrogen-bond acceptors (Lipinski definition) is 2. The third kappa shape index (κ3) is 2.21. The van der Waals surface area contributed by atoms with Crippen LogP contribution in [0.3, 0.4) is 0 Å². The van der Waals surface area contributed by atoms with Crippen LogP contribution in [0.15, 0.2) is 48.7 Å². The second-order valence-corrected chi connectivity index (χ2v) is 5.12. The van der Waals surface area contributed by atoms with Crippen LogP contribution in [0.1, 0.15) is 0 Å². The lowest BCUT2D eigenvalue weighted by atomic mass is 10.0. The molecule has 0 aliphatic carbocycles. The molecule has 0 saturated carbocycles. The van der Waals surface area contributed by atoms with Crippen molar-refractivity contribution in [2.75, 3.05) is 7.11 Å². The molecule has 0 fully saturated rings. The number of aromatic nitrogens is 1. The lowest BCUT2D eigenvalue weighted by Crippen LogP contribution is -1.89. The van der Waals surface area contributed by atoms with Crippen molar-refractivity contribution in [3.8, 4) is 16.9 Å². The van der Waals surface area contributed by atoms with E-state index >= 15 is 0 Å². The first-order chi connectivity index (χ1) is 9.70. The summed E-state index contributed by atoms with van der Waals surface area (Å²) in [7, 11) is 1.63.